The fraction of sp³-hybridized carbons (Fsp3) is 0.913. The smallest absolute Gasteiger partial charge is 0.0172 e. The van der Waals surface area contributed by atoms with Crippen molar-refractivity contribution in [3.63, 3.8) is 0 Å². The van der Waals surface area contributed by atoms with Crippen molar-refractivity contribution in [2.45, 2.75) is 86.0 Å². The van der Waals surface area contributed by atoms with Crippen LogP contribution in [-0.4, -0.2) is 0 Å². The van der Waals surface area contributed by atoms with Gasteiger partial charge in [0.25, 0.3) is 0 Å². The molecule has 3 rings (SSSR count). The normalized spacial score (nSPS) is 47.7. The molecule has 2 unspecified atom stereocenters. The third-order valence-electron chi connectivity index (χ3n) is 8.98. The van der Waals surface area contributed by atoms with E-state index in [9.17, 15) is 0 Å². The Balaban J connectivity index is 1.86. The second-order valence-electron chi connectivity index (χ2n) is 9.59. The third kappa shape index (κ3) is 2.73. The van der Waals surface area contributed by atoms with Crippen LogP contribution in [0.5, 0.6) is 0 Å². The minimum atomic E-state index is 0.674. The van der Waals surface area contributed by atoms with Crippen LogP contribution in [0, 0.1) is 46.8 Å². The summed E-state index contributed by atoms with van der Waals surface area (Å²) < 4.78 is 0. The van der Waals surface area contributed by atoms with Crippen molar-refractivity contribution in [2.75, 3.05) is 0 Å². The van der Waals surface area contributed by atoms with Crippen LogP contribution in [-0.2, 0) is 0 Å². The predicted molar refractivity (Wildman–Crippen MR) is 101 cm³/mol. The van der Waals surface area contributed by atoms with Gasteiger partial charge in [-0.2, -0.15) is 0 Å². The number of hydrogen-bond donors (Lipinski definition) is 0. The van der Waals surface area contributed by atoms with Crippen LogP contribution in [0.2, 0.25) is 0 Å². The van der Waals surface area contributed by atoms with Crippen molar-refractivity contribution in [1.82, 2.24) is 0 Å². The molecule has 0 heterocycles. The van der Waals surface area contributed by atoms with Gasteiger partial charge in [-0.1, -0.05) is 52.7 Å². The molecule has 3 saturated carbocycles. The van der Waals surface area contributed by atoms with E-state index >= 15 is 0 Å². The predicted octanol–water partition coefficient (Wildman–Crippen LogP) is 7.10. The highest BCUT2D eigenvalue weighted by molar-refractivity contribution is 5.13. The second-order valence-corrected chi connectivity index (χ2v) is 9.59. The minimum absolute atomic E-state index is 0.674. The van der Waals surface area contributed by atoms with Crippen molar-refractivity contribution in [3.8, 4) is 0 Å². The molecule has 0 saturated heterocycles. The van der Waals surface area contributed by atoms with E-state index in [1.54, 1.807) is 0 Å². The van der Waals surface area contributed by atoms with Crippen molar-refractivity contribution in [3.05, 3.63) is 12.2 Å². The zero-order valence-electron chi connectivity index (χ0n) is 16.4. The molecule has 23 heavy (non-hydrogen) atoms. The van der Waals surface area contributed by atoms with Crippen LogP contribution in [0.4, 0.5) is 0 Å². The van der Waals surface area contributed by atoms with Gasteiger partial charge in [0.15, 0.2) is 0 Å². The van der Waals surface area contributed by atoms with E-state index in [1.807, 2.05) is 0 Å². The lowest BCUT2D eigenvalue weighted by molar-refractivity contribution is -0.0606. The lowest BCUT2D eigenvalue weighted by Gasteiger charge is -2.56. The molecule has 0 aromatic heterocycles. The fourth-order valence-corrected chi connectivity index (χ4v) is 7.45. The monoisotopic (exact) mass is 316 g/mol. The van der Waals surface area contributed by atoms with E-state index < -0.39 is 0 Å². The second kappa shape index (κ2) is 6.57. The van der Waals surface area contributed by atoms with Crippen LogP contribution >= 0.6 is 0 Å². The van der Waals surface area contributed by atoms with E-state index in [0.29, 0.717) is 5.41 Å². The number of allylic oxidation sites excluding steroid dienone is 1. The van der Waals surface area contributed by atoms with Gasteiger partial charge in [-0.05, 0) is 92.3 Å². The van der Waals surface area contributed by atoms with E-state index in [2.05, 4.69) is 41.2 Å². The first kappa shape index (κ1) is 17.6. The molecule has 3 aliphatic carbocycles. The summed E-state index contributed by atoms with van der Waals surface area (Å²) in [4.78, 5) is 0. The summed E-state index contributed by atoms with van der Waals surface area (Å²) in [7, 11) is 0. The Morgan fingerprint density at radius 2 is 1.78 bits per heavy atom. The highest BCUT2D eigenvalue weighted by atomic mass is 14.6. The largest absolute Gasteiger partial charge is 0.0998 e. The maximum absolute atomic E-state index is 4.41. The van der Waals surface area contributed by atoms with Crippen LogP contribution in [0.25, 0.3) is 0 Å². The molecule has 0 aromatic carbocycles. The molecule has 8 atom stereocenters. The first-order valence-corrected chi connectivity index (χ1v) is 10.6. The molecular formula is C23H40. The lowest BCUT2D eigenvalue weighted by atomic mass is 9.49. The average molecular weight is 317 g/mol. The number of rotatable bonds is 4. The summed E-state index contributed by atoms with van der Waals surface area (Å²) in [6.45, 7) is 16.7. The summed E-state index contributed by atoms with van der Waals surface area (Å²) in [5.41, 5.74) is 2.16. The molecule has 132 valence electrons. The molecule has 0 amide bonds. The Hall–Kier alpha value is -0.260. The highest BCUT2D eigenvalue weighted by Crippen LogP contribution is 2.65. The van der Waals surface area contributed by atoms with Crippen LogP contribution in [0.3, 0.4) is 0 Å². The number of fused-ring (bicyclic) bond motifs is 3. The van der Waals surface area contributed by atoms with Crippen molar-refractivity contribution >= 4 is 0 Å². The van der Waals surface area contributed by atoms with Gasteiger partial charge in [-0.25, -0.2) is 0 Å². The Morgan fingerprint density at radius 1 is 1.09 bits per heavy atom. The first-order chi connectivity index (χ1) is 10.9. The van der Waals surface area contributed by atoms with Crippen molar-refractivity contribution in [2.24, 2.45) is 46.8 Å². The molecule has 3 fully saturated rings. The standard InChI is InChI=1S/C23H40/c1-7-16(5)19-9-10-21-20(17(19)6)12-14-23(8-2)13-11-18(15(3)4)22(21)23/h16-22H,3,7-14H2,1-2,4-6H3/t16-,17-,18-,19?,20?,21-,22+,23+/m0/s1. The van der Waals surface area contributed by atoms with Gasteiger partial charge >= 0.3 is 0 Å². The van der Waals surface area contributed by atoms with Gasteiger partial charge in [0.05, 0.1) is 0 Å². The van der Waals surface area contributed by atoms with Gasteiger partial charge in [-0.3, -0.25) is 0 Å². The SMILES string of the molecule is C=C(C)[C@@H]1CC[C@]2(CC)CCC3[C@@H](C)C([C@@H](C)CC)CC[C@@H]3[C@@H]12. The zero-order chi connectivity index (χ0) is 16.8. The molecule has 0 bridgehead atoms. The van der Waals surface area contributed by atoms with Gasteiger partial charge in [-0.15, -0.1) is 0 Å². The quantitative estimate of drug-likeness (QED) is 0.485. The molecule has 0 aliphatic heterocycles. The summed E-state index contributed by atoms with van der Waals surface area (Å²) in [6.07, 6.45) is 11.7. The summed E-state index contributed by atoms with van der Waals surface area (Å²) in [5, 5.41) is 0. The topological polar surface area (TPSA) is 0 Å². The van der Waals surface area contributed by atoms with Crippen LogP contribution in [0.15, 0.2) is 12.2 Å². The van der Waals surface area contributed by atoms with E-state index in [0.717, 1.165) is 41.4 Å². The molecule has 0 radical (unpaired) electrons. The molecule has 0 nitrogen and oxygen atoms in total. The Kier molecular flexibility index (Phi) is 5.01. The summed E-state index contributed by atoms with van der Waals surface area (Å²) >= 11 is 0. The molecule has 3 aliphatic rings. The minimum Gasteiger partial charge on any atom is -0.0998 e. The van der Waals surface area contributed by atoms with Crippen LogP contribution in [0.1, 0.15) is 86.0 Å². The Morgan fingerprint density at radius 3 is 2.39 bits per heavy atom. The molecule has 0 spiro atoms. The maximum Gasteiger partial charge on any atom is -0.0172 e. The average Bonchev–Trinajstić information content (AvgIpc) is 2.95. The van der Waals surface area contributed by atoms with Gasteiger partial charge in [0.2, 0.25) is 0 Å². The Labute approximate surface area is 145 Å². The highest BCUT2D eigenvalue weighted by Gasteiger charge is 2.57. The maximum atomic E-state index is 4.41. The lowest BCUT2D eigenvalue weighted by Crippen LogP contribution is -2.48. The first-order valence-electron chi connectivity index (χ1n) is 10.6. The van der Waals surface area contributed by atoms with Crippen molar-refractivity contribution < 1.29 is 0 Å². The molecule has 0 N–H and O–H groups in total. The van der Waals surface area contributed by atoms with E-state index in [1.165, 1.54) is 56.9 Å². The summed E-state index contributed by atoms with van der Waals surface area (Å²) in [5.74, 6) is 6.66. The van der Waals surface area contributed by atoms with E-state index in [-0.39, 0.29) is 0 Å². The van der Waals surface area contributed by atoms with Gasteiger partial charge < -0.3 is 0 Å². The summed E-state index contributed by atoms with van der Waals surface area (Å²) in [6, 6.07) is 0. The third-order valence-corrected chi connectivity index (χ3v) is 8.98. The fourth-order valence-electron chi connectivity index (χ4n) is 7.45. The van der Waals surface area contributed by atoms with Crippen molar-refractivity contribution in [1.29, 1.82) is 0 Å². The molecule has 0 aromatic rings. The van der Waals surface area contributed by atoms with Crippen LogP contribution < -0.4 is 0 Å². The van der Waals surface area contributed by atoms with E-state index in [4.69, 9.17) is 0 Å². The number of hydrogen-bond acceptors (Lipinski definition) is 0. The molecule has 0 heteroatoms. The molecular weight excluding hydrogens is 276 g/mol. The Bertz CT molecular complexity index is 435. The van der Waals surface area contributed by atoms with Gasteiger partial charge in [0, 0.05) is 0 Å². The van der Waals surface area contributed by atoms with Gasteiger partial charge in [0.1, 0.15) is 0 Å². The zero-order valence-corrected chi connectivity index (χ0v) is 16.4.